The lowest BCUT2D eigenvalue weighted by atomic mass is 9.75. The Morgan fingerprint density at radius 3 is 2.68 bits per heavy atom. The number of nitrogens with one attached hydrogen (secondary N) is 1. The molecule has 5 heteroatoms. The molecule has 1 aromatic rings. The van der Waals surface area contributed by atoms with E-state index in [0.717, 1.165) is 38.6 Å². The SMILES string of the molecule is O=C(CCN1CCCCC1=O)N[C@H](Cc1ccccc1)C1CC(O)C1. The van der Waals surface area contributed by atoms with Crippen LogP contribution in [0.3, 0.4) is 0 Å². The fourth-order valence-electron chi connectivity index (χ4n) is 3.78. The number of piperidine rings is 1. The lowest BCUT2D eigenvalue weighted by molar-refractivity contribution is -0.134. The van der Waals surface area contributed by atoms with E-state index in [0.29, 0.717) is 25.3 Å². The topological polar surface area (TPSA) is 69.6 Å². The van der Waals surface area contributed by atoms with Crippen LogP contribution in [0.1, 0.15) is 44.1 Å². The zero-order valence-electron chi connectivity index (χ0n) is 14.7. The van der Waals surface area contributed by atoms with Gasteiger partial charge in [0.15, 0.2) is 0 Å². The average molecular weight is 344 g/mol. The molecule has 136 valence electrons. The van der Waals surface area contributed by atoms with Crippen LogP contribution in [0.5, 0.6) is 0 Å². The van der Waals surface area contributed by atoms with Crippen LogP contribution in [-0.2, 0) is 16.0 Å². The molecule has 2 amide bonds. The third-order valence-corrected chi connectivity index (χ3v) is 5.39. The van der Waals surface area contributed by atoms with Gasteiger partial charge < -0.3 is 15.3 Å². The van der Waals surface area contributed by atoms with Crippen molar-refractivity contribution in [2.45, 2.75) is 57.1 Å². The zero-order valence-corrected chi connectivity index (χ0v) is 14.7. The van der Waals surface area contributed by atoms with Gasteiger partial charge in [-0.1, -0.05) is 30.3 Å². The molecule has 3 rings (SSSR count). The van der Waals surface area contributed by atoms with E-state index in [1.165, 1.54) is 5.56 Å². The van der Waals surface area contributed by atoms with Crippen molar-refractivity contribution in [2.75, 3.05) is 13.1 Å². The van der Waals surface area contributed by atoms with Gasteiger partial charge in [-0.05, 0) is 43.6 Å². The molecule has 0 bridgehead atoms. The summed E-state index contributed by atoms with van der Waals surface area (Å²) in [5, 5.41) is 12.8. The first-order chi connectivity index (χ1) is 12.1. The molecule has 0 aromatic heterocycles. The van der Waals surface area contributed by atoms with Crippen LogP contribution in [0.15, 0.2) is 30.3 Å². The van der Waals surface area contributed by atoms with Gasteiger partial charge in [0.25, 0.3) is 0 Å². The molecule has 2 fully saturated rings. The van der Waals surface area contributed by atoms with Crippen molar-refractivity contribution in [1.29, 1.82) is 0 Å². The minimum atomic E-state index is -0.230. The fraction of sp³-hybridized carbons (Fsp3) is 0.600. The van der Waals surface area contributed by atoms with Gasteiger partial charge in [0.1, 0.15) is 0 Å². The number of aliphatic hydroxyl groups is 1. The van der Waals surface area contributed by atoms with Crippen molar-refractivity contribution in [3.05, 3.63) is 35.9 Å². The zero-order chi connectivity index (χ0) is 17.6. The molecule has 2 aliphatic rings. The van der Waals surface area contributed by atoms with Crippen LogP contribution in [0.4, 0.5) is 0 Å². The molecule has 25 heavy (non-hydrogen) atoms. The van der Waals surface area contributed by atoms with Crippen LogP contribution < -0.4 is 5.32 Å². The predicted octanol–water partition coefficient (Wildman–Crippen LogP) is 1.89. The van der Waals surface area contributed by atoms with Gasteiger partial charge in [-0.25, -0.2) is 0 Å². The van der Waals surface area contributed by atoms with Gasteiger partial charge in [0.2, 0.25) is 11.8 Å². The third kappa shape index (κ3) is 5.05. The number of likely N-dealkylation sites (tertiary alicyclic amines) is 1. The smallest absolute Gasteiger partial charge is 0.222 e. The van der Waals surface area contributed by atoms with E-state index in [-0.39, 0.29) is 24.0 Å². The number of carbonyl (C=O) groups is 2. The van der Waals surface area contributed by atoms with Crippen LogP contribution in [0, 0.1) is 5.92 Å². The van der Waals surface area contributed by atoms with E-state index >= 15 is 0 Å². The minimum Gasteiger partial charge on any atom is -0.393 e. The van der Waals surface area contributed by atoms with Crippen molar-refractivity contribution in [3.63, 3.8) is 0 Å². The maximum atomic E-state index is 12.4. The molecule has 1 heterocycles. The van der Waals surface area contributed by atoms with Crippen molar-refractivity contribution in [2.24, 2.45) is 5.92 Å². The van der Waals surface area contributed by atoms with Gasteiger partial charge in [-0.15, -0.1) is 0 Å². The maximum absolute atomic E-state index is 12.4. The van der Waals surface area contributed by atoms with Crippen LogP contribution in [0.2, 0.25) is 0 Å². The molecule has 1 atom stereocenters. The van der Waals surface area contributed by atoms with Gasteiger partial charge >= 0.3 is 0 Å². The molecule has 0 radical (unpaired) electrons. The summed E-state index contributed by atoms with van der Waals surface area (Å²) in [7, 11) is 0. The summed E-state index contributed by atoms with van der Waals surface area (Å²) in [6, 6.07) is 10.2. The van der Waals surface area contributed by atoms with Crippen molar-refractivity contribution in [1.82, 2.24) is 10.2 Å². The number of aliphatic hydroxyl groups excluding tert-OH is 1. The van der Waals surface area contributed by atoms with Crippen molar-refractivity contribution in [3.8, 4) is 0 Å². The number of rotatable bonds is 7. The Bertz CT molecular complexity index is 584. The lowest BCUT2D eigenvalue weighted by Gasteiger charge is -2.38. The highest BCUT2D eigenvalue weighted by molar-refractivity contribution is 5.79. The highest BCUT2D eigenvalue weighted by Crippen LogP contribution is 2.31. The van der Waals surface area contributed by atoms with E-state index < -0.39 is 0 Å². The molecule has 1 aliphatic carbocycles. The highest BCUT2D eigenvalue weighted by Gasteiger charge is 2.34. The van der Waals surface area contributed by atoms with E-state index in [4.69, 9.17) is 0 Å². The lowest BCUT2D eigenvalue weighted by Crippen LogP contribution is -2.49. The van der Waals surface area contributed by atoms with E-state index in [2.05, 4.69) is 17.4 Å². The van der Waals surface area contributed by atoms with Crippen molar-refractivity contribution < 1.29 is 14.7 Å². The first-order valence-corrected chi connectivity index (χ1v) is 9.41. The maximum Gasteiger partial charge on any atom is 0.222 e. The molecule has 0 unspecified atom stereocenters. The summed E-state index contributed by atoms with van der Waals surface area (Å²) in [5.74, 6) is 0.499. The summed E-state index contributed by atoms with van der Waals surface area (Å²) in [5.41, 5.74) is 1.19. The second-order valence-corrected chi connectivity index (χ2v) is 7.34. The quantitative estimate of drug-likeness (QED) is 0.794. The second kappa shape index (κ2) is 8.48. The summed E-state index contributed by atoms with van der Waals surface area (Å²) >= 11 is 0. The second-order valence-electron chi connectivity index (χ2n) is 7.34. The molecule has 2 N–H and O–H groups in total. The van der Waals surface area contributed by atoms with E-state index in [9.17, 15) is 14.7 Å². The first kappa shape index (κ1) is 17.9. The van der Waals surface area contributed by atoms with E-state index in [1.54, 1.807) is 0 Å². The first-order valence-electron chi connectivity index (χ1n) is 9.41. The van der Waals surface area contributed by atoms with Gasteiger partial charge in [0.05, 0.1) is 6.10 Å². The highest BCUT2D eigenvalue weighted by atomic mass is 16.3. The Morgan fingerprint density at radius 2 is 2.00 bits per heavy atom. The molecule has 0 spiro atoms. The summed E-state index contributed by atoms with van der Waals surface area (Å²) in [6.45, 7) is 1.28. The Kier molecular flexibility index (Phi) is 6.08. The number of hydrogen-bond donors (Lipinski definition) is 2. The van der Waals surface area contributed by atoms with E-state index in [1.807, 2.05) is 23.1 Å². The largest absolute Gasteiger partial charge is 0.393 e. The van der Waals surface area contributed by atoms with Gasteiger partial charge in [0, 0.05) is 32.0 Å². The fourth-order valence-corrected chi connectivity index (χ4v) is 3.78. The van der Waals surface area contributed by atoms with Crippen molar-refractivity contribution >= 4 is 11.8 Å². The average Bonchev–Trinajstić information content (AvgIpc) is 2.59. The molecule has 1 saturated carbocycles. The van der Waals surface area contributed by atoms with Crippen LogP contribution in [-0.4, -0.2) is 47.1 Å². The Labute approximate surface area is 149 Å². The van der Waals surface area contributed by atoms with Crippen LogP contribution in [0.25, 0.3) is 0 Å². The summed E-state index contributed by atoms with van der Waals surface area (Å²) in [4.78, 5) is 26.1. The van der Waals surface area contributed by atoms with Gasteiger partial charge in [-0.3, -0.25) is 9.59 Å². The Hall–Kier alpha value is -1.88. The Balaban J connectivity index is 1.52. The number of amides is 2. The van der Waals surface area contributed by atoms with Crippen LogP contribution >= 0.6 is 0 Å². The normalized spacial score (nSPS) is 24.5. The van der Waals surface area contributed by atoms with Gasteiger partial charge in [-0.2, -0.15) is 0 Å². The molecule has 1 aliphatic heterocycles. The summed E-state index contributed by atoms with van der Waals surface area (Å²) < 4.78 is 0. The minimum absolute atomic E-state index is 0.000643. The molecule has 1 aromatic carbocycles. The number of carbonyl (C=O) groups excluding carboxylic acids is 2. The molecular formula is C20H28N2O3. The summed E-state index contributed by atoms with van der Waals surface area (Å²) in [6.07, 6.45) is 5.02. The monoisotopic (exact) mass is 344 g/mol. The molecular weight excluding hydrogens is 316 g/mol. The number of benzene rings is 1. The third-order valence-electron chi connectivity index (χ3n) is 5.39. The Morgan fingerprint density at radius 1 is 1.24 bits per heavy atom. The standard InChI is InChI=1S/C20H28N2O3/c23-17-13-16(14-17)18(12-15-6-2-1-3-7-15)21-19(24)9-11-22-10-5-4-8-20(22)25/h1-3,6-7,16-18,23H,4-5,8-14H2,(H,21,24)/t16?,17?,18-/m1/s1. The molecule has 1 saturated heterocycles. The number of hydrogen-bond acceptors (Lipinski definition) is 3. The molecule has 5 nitrogen and oxygen atoms in total. The number of nitrogens with zero attached hydrogens (tertiary/aromatic N) is 1. The predicted molar refractivity (Wildman–Crippen MR) is 95.9 cm³/mol.